The summed E-state index contributed by atoms with van der Waals surface area (Å²) in [5.41, 5.74) is 0.451. The van der Waals surface area contributed by atoms with Gasteiger partial charge < -0.3 is 19.7 Å². The second-order valence-electron chi connectivity index (χ2n) is 8.95. The van der Waals surface area contributed by atoms with Crippen molar-refractivity contribution in [3.63, 3.8) is 0 Å². The second-order valence-corrected chi connectivity index (χ2v) is 11.3. The van der Waals surface area contributed by atoms with E-state index in [-0.39, 0.29) is 23.8 Å². The molecule has 1 aromatic carbocycles. The van der Waals surface area contributed by atoms with Gasteiger partial charge in [0.05, 0.1) is 29.8 Å². The van der Waals surface area contributed by atoms with E-state index < -0.39 is 10.0 Å². The van der Waals surface area contributed by atoms with Crippen LogP contribution in [0.2, 0.25) is 5.02 Å². The molecule has 188 valence electrons. The van der Waals surface area contributed by atoms with Crippen molar-refractivity contribution in [2.24, 2.45) is 11.8 Å². The van der Waals surface area contributed by atoms with Gasteiger partial charge in [0.1, 0.15) is 11.5 Å². The number of piperidine rings is 1. The van der Waals surface area contributed by atoms with Crippen molar-refractivity contribution in [2.45, 2.75) is 46.1 Å². The third-order valence-electron chi connectivity index (χ3n) is 6.32. The lowest BCUT2D eigenvalue weighted by molar-refractivity contribution is -0.120. The topological polar surface area (TPSA) is 88.2 Å². The summed E-state index contributed by atoms with van der Waals surface area (Å²) in [5, 5.41) is 3.23. The Morgan fingerprint density at radius 1 is 1.15 bits per heavy atom. The van der Waals surface area contributed by atoms with Gasteiger partial charge in [-0.1, -0.05) is 24.6 Å². The number of hydrogen-bond acceptors (Lipinski definition) is 6. The predicted octanol–water partition coefficient (Wildman–Crippen LogP) is 4.44. The van der Waals surface area contributed by atoms with Gasteiger partial charge in [-0.3, -0.25) is 4.79 Å². The fraction of sp³-hybridized carbons (Fsp3) is 0.542. The van der Waals surface area contributed by atoms with Crippen molar-refractivity contribution < 1.29 is 22.7 Å². The summed E-state index contributed by atoms with van der Waals surface area (Å²) in [4.78, 5) is 15.3. The lowest BCUT2D eigenvalue weighted by atomic mass is 9.97. The van der Waals surface area contributed by atoms with Gasteiger partial charge in [0.15, 0.2) is 0 Å². The van der Waals surface area contributed by atoms with Crippen molar-refractivity contribution in [1.82, 2.24) is 9.21 Å². The highest BCUT2D eigenvalue weighted by Crippen LogP contribution is 2.37. The number of sulfonamides is 1. The van der Waals surface area contributed by atoms with Gasteiger partial charge in [0, 0.05) is 37.3 Å². The van der Waals surface area contributed by atoms with Gasteiger partial charge >= 0.3 is 0 Å². The largest absolute Gasteiger partial charge is 0.495 e. The van der Waals surface area contributed by atoms with Crippen LogP contribution in [0.25, 0.3) is 0 Å². The molecule has 2 aliphatic rings. The SMILES string of the molecule is COc1cc(OC)c(NC(=O)C2CCN(S(=O)(=O)C3=CN(C(C)C)C=CCC3C)CC2)cc1Cl. The van der Waals surface area contributed by atoms with Gasteiger partial charge in [-0.05, 0) is 51.3 Å². The van der Waals surface area contributed by atoms with Crippen LogP contribution < -0.4 is 14.8 Å². The number of benzene rings is 1. The molecule has 1 saturated heterocycles. The van der Waals surface area contributed by atoms with Gasteiger partial charge in [-0.25, -0.2) is 8.42 Å². The van der Waals surface area contributed by atoms with E-state index in [0.717, 1.165) is 0 Å². The normalized spacial score (nSPS) is 20.1. The highest BCUT2D eigenvalue weighted by atomic mass is 35.5. The molecule has 1 fully saturated rings. The number of amides is 1. The van der Waals surface area contributed by atoms with Crippen LogP contribution in [-0.2, 0) is 14.8 Å². The van der Waals surface area contributed by atoms with E-state index >= 15 is 0 Å². The summed E-state index contributed by atoms with van der Waals surface area (Å²) in [5.74, 6) is 0.272. The van der Waals surface area contributed by atoms with Gasteiger partial charge in [-0.15, -0.1) is 0 Å². The zero-order chi connectivity index (χ0) is 25.0. The Labute approximate surface area is 207 Å². The summed E-state index contributed by atoms with van der Waals surface area (Å²) in [6.45, 7) is 6.57. The zero-order valence-electron chi connectivity index (χ0n) is 20.4. The van der Waals surface area contributed by atoms with Crippen molar-refractivity contribution in [1.29, 1.82) is 0 Å². The first-order valence-electron chi connectivity index (χ1n) is 11.5. The number of halogens is 1. The van der Waals surface area contributed by atoms with Crippen LogP contribution in [0.15, 0.2) is 35.5 Å². The van der Waals surface area contributed by atoms with Crippen LogP contribution in [0.3, 0.4) is 0 Å². The molecular formula is C24H34ClN3O5S. The molecule has 34 heavy (non-hydrogen) atoms. The number of carbonyl (C=O) groups is 1. The molecule has 1 N–H and O–H groups in total. The summed E-state index contributed by atoms with van der Waals surface area (Å²) >= 11 is 6.21. The Balaban J connectivity index is 1.69. The summed E-state index contributed by atoms with van der Waals surface area (Å²) in [6, 6.07) is 3.36. The summed E-state index contributed by atoms with van der Waals surface area (Å²) in [6.07, 6.45) is 7.25. The molecule has 1 aromatic rings. The Bertz CT molecular complexity index is 1060. The van der Waals surface area contributed by atoms with Crippen molar-refractivity contribution in [3.05, 3.63) is 40.5 Å². The highest BCUT2D eigenvalue weighted by molar-refractivity contribution is 7.93. The Morgan fingerprint density at radius 3 is 2.38 bits per heavy atom. The monoisotopic (exact) mass is 511 g/mol. The number of nitrogens with zero attached hydrogens (tertiary/aromatic N) is 2. The smallest absolute Gasteiger partial charge is 0.240 e. The molecule has 0 spiro atoms. The Hall–Kier alpha value is -2.23. The van der Waals surface area contributed by atoms with Gasteiger partial charge in [0.2, 0.25) is 15.9 Å². The molecule has 8 nitrogen and oxygen atoms in total. The van der Waals surface area contributed by atoms with Crippen LogP contribution in [-0.4, -0.2) is 56.9 Å². The fourth-order valence-corrected chi connectivity index (χ4v) is 6.25. The number of anilines is 1. The average Bonchev–Trinajstić information content (AvgIpc) is 3.01. The first-order valence-corrected chi connectivity index (χ1v) is 13.3. The maximum atomic E-state index is 13.5. The Kier molecular flexibility index (Phi) is 8.54. The van der Waals surface area contributed by atoms with Crippen molar-refractivity contribution in [2.75, 3.05) is 32.6 Å². The molecule has 1 unspecified atom stereocenters. The average molecular weight is 512 g/mol. The third kappa shape index (κ3) is 5.70. The molecule has 3 rings (SSSR count). The Morgan fingerprint density at radius 2 is 1.79 bits per heavy atom. The number of rotatable bonds is 7. The van der Waals surface area contributed by atoms with Crippen LogP contribution in [0.4, 0.5) is 5.69 Å². The number of methoxy groups -OCH3 is 2. The van der Waals surface area contributed by atoms with E-state index in [1.54, 1.807) is 18.3 Å². The number of allylic oxidation sites excluding steroid dienone is 2. The standard InChI is InChI=1S/C24H34ClN3O5S/c1-16(2)27-10-6-7-17(3)23(15-27)34(30,31)28-11-8-18(9-12-28)24(29)26-20-13-19(25)21(32-4)14-22(20)33-5/h6,10,13-18H,7-9,11-12H2,1-5H3,(H,26,29). The second kappa shape index (κ2) is 11.0. The first kappa shape index (κ1) is 26.4. The number of ether oxygens (including phenoxy) is 2. The van der Waals surface area contributed by atoms with E-state index in [4.69, 9.17) is 21.1 Å². The molecular weight excluding hydrogens is 478 g/mol. The zero-order valence-corrected chi connectivity index (χ0v) is 21.9. The van der Waals surface area contributed by atoms with Gasteiger partial charge in [0.25, 0.3) is 0 Å². The van der Waals surface area contributed by atoms with E-state index in [2.05, 4.69) is 5.32 Å². The number of hydrogen-bond donors (Lipinski definition) is 1. The molecule has 2 heterocycles. The third-order valence-corrected chi connectivity index (χ3v) is 8.76. The fourth-order valence-electron chi connectivity index (χ4n) is 4.16. The van der Waals surface area contributed by atoms with Crippen LogP contribution >= 0.6 is 11.6 Å². The quantitative estimate of drug-likeness (QED) is 0.582. The molecule has 1 atom stereocenters. The van der Waals surface area contributed by atoms with E-state index in [0.29, 0.717) is 59.5 Å². The molecule has 1 amide bonds. The van der Waals surface area contributed by atoms with Crippen LogP contribution in [0.1, 0.15) is 40.0 Å². The van der Waals surface area contributed by atoms with E-state index in [1.165, 1.54) is 18.5 Å². The highest BCUT2D eigenvalue weighted by Gasteiger charge is 2.36. The first-order chi connectivity index (χ1) is 16.1. The molecule has 0 bridgehead atoms. The predicted molar refractivity (Wildman–Crippen MR) is 134 cm³/mol. The summed E-state index contributed by atoms with van der Waals surface area (Å²) in [7, 11) is -0.622. The minimum atomic E-state index is -3.63. The lowest BCUT2D eigenvalue weighted by Gasteiger charge is -2.32. The molecule has 0 saturated carbocycles. The molecule has 0 aromatic heterocycles. The molecule has 0 radical (unpaired) electrons. The van der Waals surface area contributed by atoms with Crippen molar-refractivity contribution >= 4 is 33.2 Å². The van der Waals surface area contributed by atoms with Crippen LogP contribution in [0, 0.1) is 11.8 Å². The lowest BCUT2D eigenvalue weighted by Crippen LogP contribution is -2.42. The minimum absolute atomic E-state index is 0.113. The molecule has 2 aliphatic heterocycles. The molecule has 10 heteroatoms. The maximum Gasteiger partial charge on any atom is 0.240 e. The van der Waals surface area contributed by atoms with Gasteiger partial charge in [-0.2, -0.15) is 4.31 Å². The van der Waals surface area contributed by atoms with E-state index in [9.17, 15) is 13.2 Å². The maximum absolute atomic E-state index is 13.5. The number of nitrogens with one attached hydrogen (secondary N) is 1. The molecule has 0 aliphatic carbocycles. The van der Waals surface area contributed by atoms with Crippen LogP contribution in [0.5, 0.6) is 11.5 Å². The van der Waals surface area contributed by atoms with Crippen molar-refractivity contribution in [3.8, 4) is 11.5 Å². The summed E-state index contributed by atoms with van der Waals surface area (Å²) < 4.78 is 39.0. The minimum Gasteiger partial charge on any atom is -0.495 e. The van der Waals surface area contributed by atoms with E-state index in [1.807, 2.05) is 37.9 Å². The number of carbonyl (C=O) groups excluding carboxylic acids is 1.